The highest BCUT2D eigenvalue weighted by Gasteiger charge is 2.34. The van der Waals surface area contributed by atoms with Crippen LogP contribution in [0.25, 0.3) is 0 Å². The Balaban J connectivity index is 4.23. The summed E-state index contributed by atoms with van der Waals surface area (Å²) in [6.45, 7) is 15.2. The van der Waals surface area contributed by atoms with Gasteiger partial charge in [-0.1, -0.05) is 33.9 Å². The number of nitrogens with zero attached hydrogens (tertiary/aromatic N) is 1. The molecular weight excluding hydrogens is 138 g/mol. The molecule has 0 saturated heterocycles. The first-order chi connectivity index (χ1) is 4.31. The highest BCUT2D eigenvalue weighted by Crippen LogP contribution is 2.35. The van der Waals surface area contributed by atoms with E-state index in [1.54, 1.807) is 0 Å². The highest BCUT2D eigenvalue weighted by atomic mass is 28.3. The van der Waals surface area contributed by atoms with Gasteiger partial charge in [0.05, 0.1) is 8.07 Å². The van der Waals surface area contributed by atoms with Crippen LogP contribution in [0.2, 0.25) is 18.1 Å². The Morgan fingerprint density at radius 1 is 1.30 bits per heavy atom. The summed E-state index contributed by atoms with van der Waals surface area (Å²) < 4.78 is 0. The Hall–Kier alpha value is -0.113. The van der Waals surface area contributed by atoms with Gasteiger partial charge in [-0.2, -0.15) is 0 Å². The van der Waals surface area contributed by atoms with Gasteiger partial charge in [-0.25, -0.2) is 0 Å². The van der Waals surface area contributed by atoms with Crippen LogP contribution < -0.4 is 0 Å². The van der Waals surface area contributed by atoms with Crippen LogP contribution in [-0.2, 0) is 0 Å². The van der Waals surface area contributed by atoms with Gasteiger partial charge < -0.3 is 4.99 Å². The number of hydrogen-bond acceptors (Lipinski definition) is 1. The van der Waals surface area contributed by atoms with Gasteiger partial charge in [-0.15, -0.1) is 0 Å². The van der Waals surface area contributed by atoms with Gasteiger partial charge in [-0.3, -0.25) is 0 Å². The zero-order valence-electron chi connectivity index (χ0n) is 7.86. The largest absolute Gasteiger partial charge is 0.304 e. The minimum absolute atomic E-state index is 0.453. The lowest BCUT2D eigenvalue weighted by Gasteiger charge is -2.35. The number of rotatable bonds is 2. The van der Waals surface area contributed by atoms with Gasteiger partial charge in [0.15, 0.2) is 0 Å². The SMILES string of the molecule is C=NC[Si](C)(C)C(C)(C)C. The van der Waals surface area contributed by atoms with Crippen LogP contribution in [-0.4, -0.2) is 21.0 Å². The molecule has 0 radical (unpaired) electrons. The zero-order valence-corrected chi connectivity index (χ0v) is 8.86. The van der Waals surface area contributed by atoms with Crippen molar-refractivity contribution >= 4 is 14.8 Å². The first-order valence-electron chi connectivity index (χ1n) is 3.74. The van der Waals surface area contributed by atoms with Gasteiger partial charge in [0.1, 0.15) is 0 Å². The molecule has 10 heavy (non-hydrogen) atoms. The molecule has 60 valence electrons. The van der Waals surface area contributed by atoms with Crippen LogP contribution >= 0.6 is 0 Å². The maximum absolute atomic E-state index is 3.99. The van der Waals surface area contributed by atoms with Gasteiger partial charge in [0.2, 0.25) is 0 Å². The maximum Gasteiger partial charge on any atom is 0.0775 e. The Labute approximate surface area is 65.6 Å². The molecule has 0 heterocycles. The molecule has 0 aliphatic heterocycles. The summed E-state index contributed by atoms with van der Waals surface area (Å²) in [5, 5.41) is 0.453. The summed E-state index contributed by atoms with van der Waals surface area (Å²) >= 11 is 0. The lowest BCUT2D eigenvalue weighted by atomic mass is 10.2. The smallest absolute Gasteiger partial charge is 0.0775 e. The van der Waals surface area contributed by atoms with Crippen molar-refractivity contribution in [2.45, 2.75) is 38.9 Å². The third kappa shape index (κ3) is 2.25. The average molecular weight is 157 g/mol. The molecule has 0 aromatic heterocycles. The van der Waals surface area contributed by atoms with Gasteiger partial charge in [0.25, 0.3) is 0 Å². The first-order valence-corrected chi connectivity index (χ1v) is 6.94. The van der Waals surface area contributed by atoms with Crippen molar-refractivity contribution in [2.24, 2.45) is 4.99 Å². The first kappa shape index (κ1) is 9.89. The summed E-state index contributed by atoms with van der Waals surface area (Å²) in [7, 11) is -1.13. The Morgan fingerprint density at radius 2 is 1.70 bits per heavy atom. The summed E-state index contributed by atoms with van der Waals surface area (Å²) in [6.07, 6.45) is 0.983. The van der Waals surface area contributed by atoms with Crippen molar-refractivity contribution in [2.75, 3.05) is 6.17 Å². The topological polar surface area (TPSA) is 12.4 Å². The van der Waals surface area contributed by atoms with Crippen molar-refractivity contribution in [3.8, 4) is 0 Å². The van der Waals surface area contributed by atoms with E-state index in [1.165, 1.54) is 0 Å². The molecule has 1 nitrogen and oxygen atoms in total. The lowest BCUT2D eigenvalue weighted by Crippen LogP contribution is -2.40. The van der Waals surface area contributed by atoms with E-state index in [1.807, 2.05) is 0 Å². The normalized spacial score (nSPS) is 13.3. The fourth-order valence-corrected chi connectivity index (χ4v) is 1.55. The molecular formula is C8H19NSi. The second-order valence-corrected chi connectivity index (χ2v) is 10.1. The van der Waals surface area contributed by atoms with Gasteiger partial charge in [0, 0.05) is 6.17 Å². The third-order valence-corrected chi connectivity index (χ3v) is 7.61. The van der Waals surface area contributed by atoms with Crippen molar-refractivity contribution in [1.29, 1.82) is 0 Å². The van der Waals surface area contributed by atoms with E-state index >= 15 is 0 Å². The summed E-state index contributed by atoms with van der Waals surface area (Å²) in [6, 6.07) is 0. The van der Waals surface area contributed by atoms with Gasteiger partial charge >= 0.3 is 0 Å². The predicted octanol–water partition coefficient (Wildman–Crippen LogP) is 2.73. The van der Waals surface area contributed by atoms with E-state index in [9.17, 15) is 0 Å². The van der Waals surface area contributed by atoms with E-state index in [0.29, 0.717) is 5.04 Å². The number of aliphatic imine (C=N–C) groups is 1. The fourth-order valence-electron chi connectivity index (χ4n) is 0.517. The van der Waals surface area contributed by atoms with Crippen LogP contribution in [0, 0.1) is 0 Å². The molecule has 0 saturated carbocycles. The molecule has 2 heteroatoms. The molecule has 0 fully saturated rings. The van der Waals surface area contributed by atoms with Crippen LogP contribution in [0.15, 0.2) is 4.99 Å². The molecule has 0 rings (SSSR count). The highest BCUT2D eigenvalue weighted by molar-refractivity contribution is 6.80. The quantitative estimate of drug-likeness (QED) is 0.432. The standard InChI is InChI=1S/C8H19NSi/c1-8(2,3)10(5,6)7-9-4/h4,7H2,1-3,5-6H3. The van der Waals surface area contributed by atoms with E-state index in [0.717, 1.165) is 6.17 Å². The second kappa shape index (κ2) is 2.87. The van der Waals surface area contributed by atoms with Crippen LogP contribution in [0.3, 0.4) is 0 Å². The van der Waals surface area contributed by atoms with E-state index in [2.05, 4.69) is 45.6 Å². The Kier molecular flexibility index (Phi) is 2.83. The minimum Gasteiger partial charge on any atom is -0.304 e. The monoisotopic (exact) mass is 157 g/mol. The summed E-state index contributed by atoms with van der Waals surface area (Å²) in [5.74, 6) is 0. The molecule has 0 aliphatic rings. The Morgan fingerprint density at radius 3 is 1.80 bits per heavy atom. The molecule has 0 aliphatic carbocycles. The van der Waals surface area contributed by atoms with Crippen molar-refractivity contribution in [1.82, 2.24) is 0 Å². The van der Waals surface area contributed by atoms with E-state index in [-0.39, 0.29) is 0 Å². The molecule has 0 bridgehead atoms. The number of hydrogen-bond donors (Lipinski definition) is 0. The van der Waals surface area contributed by atoms with E-state index in [4.69, 9.17) is 0 Å². The van der Waals surface area contributed by atoms with Crippen LogP contribution in [0.5, 0.6) is 0 Å². The molecule has 0 amide bonds. The zero-order chi connectivity index (χ0) is 8.41. The molecule has 0 aromatic carbocycles. The van der Waals surface area contributed by atoms with Crippen LogP contribution in [0.1, 0.15) is 20.8 Å². The summed E-state index contributed by atoms with van der Waals surface area (Å²) in [5.41, 5.74) is 0. The van der Waals surface area contributed by atoms with Crippen molar-refractivity contribution < 1.29 is 0 Å². The molecule has 0 unspecified atom stereocenters. The minimum atomic E-state index is -1.13. The van der Waals surface area contributed by atoms with Crippen molar-refractivity contribution in [3.05, 3.63) is 0 Å². The molecule has 0 aromatic rings. The van der Waals surface area contributed by atoms with E-state index < -0.39 is 8.07 Å². The average Bonchev–Trinajstić information content (AvgIpc) is 1.61. The predicted molar refractivity (Wildman–Crippen MR) is 51.6 cm³/mol. The fraction of sp³-hybridized carbons (Fsp3) is 0.875. The molecule has 0 atom stereocenters. The van der Waals surface area contributed by atoms with Gasteiger partial charge in [-0.05, 0) is 11.8 Å². The molecule has 0 spiro atoms. The summed E-state index contributed by atoms with van der Waals surface area (Å²) in [4.78, 5) is 3.99. The molecule has 0 N–H and O–H groups in total. The third-order valence-electron chi connectivity index (χ3n) is 2.54. The van der Waals surface area contributed by atoms with Crippen molar-refractivity contribution in [3.63, 3.8) is 0 Å². The Bertz CT molecular complexity index is 122. The lowest BCUT2D eigenvalue weighted by molar-refractivity contribution is 0.716. The second-order valence-electron chi connectivity index (χ2n) is 4.52. The van der Waals surface area contributed by atoms with Crippen LogP contribution in [0.4, 0.5) is 0 Å². The maximum atomic E-state index is 3.99.